The summed E-state index contributed by atoms with van der Waals surface area (Å²) in [7, 11) is 0. The molecule has 0 fully saturated rings. The fourth-order valence-corrected chi connectivity index (χ4v) is 2.70. The number of hydrogen-bond acceptors (Lipinski definition) is 2. The number of rotatable bonds is 3. The summed E-state index contributed by atoms with van der Waals surface area (Å²) in [5.74, 6) is 1.01. The van der Waals surface area contributed by atoms with Crippen molar-refractivity contribution in [3.63, 3.8) is 0 Å². The van der Waals surface area contributed by atoms with Gasteiger partial charge < -0.3 is 9.67 Å². The fraction of sp³-hybridized carbons (Fsp3) is 0.0625. The number of nitrogens with zero attached hydrogens (tertiary/aromatic N) is 2. The smallest absolute Gasteiger partial charge is 0.141 e. The Morgan fingerprint density at radius 2 is 1.95 bits per heavy atom. The van der Waals surface area contributed by atoms with Gasteiger partial charge in [-0.3, -0.25) is 0 Å². The van der Waals surface area contributed by atoms with Gasteiger partial charge in [-0.25, -0.2) is 4.98 Å². The summed E-state index contributed by atoms with van der Waals surface area (Å²) in [4.78, 5) is 4.37. The SMILES string of the molecule is Oc1cccc(Cn2ccnc2-c2ccc(Cl)cc2Cl)c1. The minimum Gasteiger partial charge on any atom is -0.508 e. The molecule has 0 aliphatic rings. The Balaban J connectivity index is 1.97. The molecule has 0 amide bonds. The van der Waals surface area contributed by atoms with E-state index in [0.29, 0.717) is 16.6 Å². The van der Waals surface area contributed by atoms with Gasteiger partial charge in [0.05, 0.1) is 5.02 Å². The molecule has 0 radical (unpaired) electrons. The molecule has 1 aromatic heterocycles. The molecule has 21 heavy (non-hydrogen) atoms. The summed E-state index contributed by atoms with van der Waals surface area (Å²) in [6, 6.07) is 12.5. The lowest BCUT2D eigenvalue weighted by Gasteiger charge is -2.10. The Hall–Kier alpha value is -1.97. The van der Waals surface area contributed by atoms with Crippen LogP contribution in [0.3, 0.4) is 0 Å². The molecule has 0 aliphatic carbocycles. The highest BCUT2D eigenvalue weighted by atomic mass is 35.5. The van der Waals surface area contributed by atoms with Crippen molar-refractivity contribution in [2.75, 3.05) is 0 Å². The van der Waals surface area contributed by atoms with Crippen molar-refractivity contribution in [3.8, 4) is 17.1 Å². The summed E-state index contributed by atoms with van der Waals surface area (Å²) < 4.78 is 1.98. The Kier molecular flexibility index (Phi) is 3.86. The predicted molar refractivity (Wildman–Crippen MR) is 84.9 cm³/mol. The van der Waals surface area contributed by atoms with Gasteiger partial charge in [-0.2, -0.15) is 0 Å². The monoisotopic (exact) mass is 318 g/mol. The van der Waals surface area contributed by atoms with E-state index in [4.69, 9.17) is 23.2 Å². The number of imidazole rings is 1. The lowest BCUT2D eigenvalue weighted by Crippen LogP contribution is -2.01. The molecule has 0 bridgehead atoms. The molecule has 5 heteroatoms. The molecule has 1 heterocycles. The van der Waals surface area contributed by atoms with Crippen molar-refractivity contribution in [1.82, 2.24) is 9.55 Å². The Labute approximate surface area is 132 Å². The lowest BCUT2D eigenvalue weighted by atomic mass is 10.2. The van der Waals surface area contributed by atoms with Crippen LogP contribution in [0, 0.1) is 0 Å². The molecule has 3 rings (SSSR count). The number of hydrogen-bond donors (Lipinski definition) is 1. The second-order valence-corrected chi connectivity index (χ2v) is 5.52. The van der Waals surface area contributed by atoms with Crippen molar-refractivity contribution >= 4 is 23.2 Å². The van der Waals surface area contributed by atoms with Crippen LogP contribution in [0.2, 0.25) is 10.0 Å². The maximum Gasteiger partial charge on any atom is 0.141 e. The van der Waals surface area contributed by atoms with Crippen molar-refractivity contribution in [2.45, 2.75) is 6.54 Å². The van der Waals surface area contributed by atoms with Gasteiger partial charge in [0.25, 0.3) is 0 Å². The summed E-state index contributed by atoms with van der Waals surface area (Å²) in [5, 5.41) is 10.7. The molecular weight excluding hydrogens is 307 g/mol. The molecule has 0 unspecified atom stereocenters. The van der Waals surface area contributed by atoms with Crippen LogP contribution >= 0.6 is 23.2 Å². The quantitative estimate of drug-likeness (QED) is 0.765. The second-order valence-electron chi connectivity index (χ2n) is 4.67. The first-order valence-electron chi connectivity index (χ1n) is 6.38. The van der Waals surface area contributed by atoms with E-state index in [0.717, 1.165) is 17.0 Å². The Bertz CT molecular complexity index is 783. The topological polar surface area (TPSA) is 38.0 Å². The summed E-state index contributed by atoms with van der Waals surface area (Å²) in [6.07, 6.45) is 3.60. The summed E-state index contributed by atoms with van der Waals surface area (Å²) in [5.41, 5.74) is 1.81. The Morgan fingerprint density at radius 1 is 1.10 bits per heavy atom. The van der Waals surface area contributed by atoms with Crippen LogP contribution in [-0.2, 0) is 6.54 Å². The van der Waals surface area contributed by atoms with Gasteiger partial charge in [0.1, 0.15) is 11.6 Å². The van der Waals surface area contributed by atoms with Gasteiger partial charge in [0.2, 0.25) is 0 Å². The minimum absolute atomic E-state index is 0.249. The third-order valence-corrected chi connectivity index (χ3v) is 3.70. The van der Waals surface area contributed by atoms with Crippen LogP contribution in [0.25, 0.3) is 11.4 Å². The van der Waals surface area contributed by atoms with Gasteiger partial charge in [0.15, 0.2) is 0 Å². The molecule has 1 N–H and O–H groups in total. The number of aromatic hydroxyl groups is 1. The first kappa shape index (κ1) is 14.0. The van der Waals surface area contributed by atoms with E-state index >= 15 is 0 Å². The van der Waals surface area contributed by atoms with Crippen molar-refractivity contribution in [2.24, 2.45) is 0 Å². The number of aromatic nitrogens is 2. The van der Waals surface area contributed by atoms with E-state index in [1.54, 1.807) is 30.5 Å². The van der Waals surface area contributed by atoms with Crippen LogP contribution in [0.1, 0.15) is 5.56 Å². The van der Waals surface area contributed by atoms with Crippen molar-refractivity contribution in [1.29, 1.82) is 0 Å². The van der Waals surface area contributed by atoms with Gasteiger partial charge in [-0.05, 0) is 35.9 Å². The minimum atomic E-state index is 0.249. The van der Waals surface area contributed by atoms with E-state index < -0.39 is 0 Å². The van der Waals surface area contributed by atoms with Crippen LogP contribution in [-0.4, -0.2) is 14.7 Å². The van der Waals surface area contributed by atoms with E-state index in [9.17, 15) is 5.11 Å². The van der Waals surface area contributed by atoms with E-state index in [1.807, 2.05) is 29.0 Å². The fourth-order valence-electron chi connectivity index (χ4n) is 2.20. The number of phenolic OH excluding ortho intramolecular Hbond substituents is 1. The van der Waals surface area contributed by atoms with E-state index in [2.05, 4.69) is 4.98 Å². The van der Waals surface area contributed by atoms with Gasteiger partial charge in [-0.15, -0.1) is 0 Å². The number of phenols is 1. The standard InChI is InChI=1S/C16H12Cl2N2O/c17-12-4-5-14(15(18)9-12)16-19-6-7-20(16)10-11-2-1-3-13(21)8-11/h1-9,21H,10H2. The van der Waals surface area contributed by atoms with Crippen LogP contribution < -0.4 is 0 Å². The first-order chi connectivity index (χ1) is 10.1. The average molecular weight is 319 g/mol. The van der Waals surface area contributed by atoms with Crippen molar-refractivity contribution < 1.29 is 5.11 Å². The molecule has 0 saturated carbocycles. The molecule has 3 nitrogen and oxygen atoms in total. The average Bonchev–Trinajstić information content (AvgIpc) is 2.87. The molecule has 106 valence electrons. The molecule has 0 saturated heterocycles. The maximum atomic E-state index is 9.54. The van der Waals surface area contributed by atoms with Crippen LogP contribution in [0.5, 0.6) is 5.75 Å². The maximum absolute atomic E-state index is 9.54. The number of benzene rings is 2. The largest absolute Gasteiger partial charge is 0.508 e. The zero-order valence-electron chi connectivity index (χ0n) is 11.0. The first-order valence-corrected chi connectivity index (χ1v) is 7.13. The Morgan fingerprint density at radius 3 is 2.71 bits per heavy atom. The van der Waals surface area contributed by atoms with E-state index in [-0.39, 0.29) is 5.75 Å². The zero-order valence-corrected chi connectivity index (χ0v) is 12.5. The predicted octanol–water partition coefficient (Wildman–Crippen LogP) is 4.61. The third-order valence-electron chi connectivity index (χ3n) is 3.15. The van der Waals surface area contributed by atoms with Crippen LogP contribution in [0.15, 0.2) is 54.9 Å². The normalized spacial score (nSPS) is 10.8. The van der Waals surface area contributed by atoms with Gasteiger partial charge in [0, 0.05) is 29.5 Å². The third kappa shape index (κ3) is 3.04. The molecule has 0 atom stereocenters. The molecule has 0 spiro atoms. The summed E-state index contributed by atoms with van der Waals surface area (Å²) >= 11 is 12.2. The molecule has 3 aromatic rings. The lowest BCUT2D eigenvalue weighted by molar-refractivity contribution is 0.474. The molecule has 0 aliphatic heterocycles. The van der Waals surface area contributed by atoms with Gasteiger partial charge in [-0.1, -0.05) is 35.3 Å². The van der Waals surface area contributed by atoms with Crippen molar-refractivity contribution in [3.05, 3.63) is 70.5 Å². The van der Waals surface area contributed by atoms with Gasteiger partial charge >= 0.3 is 0 Å². The molecular formula is C16H12Cl2N2O. The second kappa shape index (κ2) is 5.80. The van der Waals surface area contributed by atoms with E-state index in [1.165, 1.54) is 0 Å². The molecule has 2 aromatic carbocycles. The highest BCUT2D eigenvalue weighted by Crippen LogP contribution is 2.29. The van der Waals surface area contributed by atoms with Crippen LogP contribution in [0.4, 0.5) is 0 Å². The highest BCUT2D eigenvalue weighted by Gasteiger charge is 2.10. The zero-order chi connectivity index (χ0) is 14.8. The highest BCUT2D eigenvalue weighted by molar-refractivity contribution is 6.36. The number of halogens is 2. The summed E-state index contributed by atoms with van der Waals surface area (Å²) in [6.45, 7) is 0.600.